The molecule has 14 heavy (non-hydrogen) atoms. The van der Waals surface area contributed by atoms with Crippen molar-refractivity contribution in [1.82, 2.24) is 9.78 Å². The summed E-state index contributed by atoms with van der Waals surface area (Å²) in [5, 5.41) is 4.36. The minimum atomic E-state index is 0.901. The molecule has 3 heteroatoms. The fourth-order valence-electron chi connectivity index (χ4n) is 1.41. The van der Waals surface area contributed by atoms with Crippen molar-refractivity contribution in [2.45, 2.75) is 26.8 Å². The van der Waals surface area contributed by atoms with Crippen molar-refractivity contribution in [3.63, 3.8) is 0 Å². The van der Waals surface area contributed by atoms with Gasteiger partial charge < -0.3 is 0 Å². The van der Waals surface area contributed by atoms with E-state index in [1.54, 1.807) is 0 Å². The zero-order chi connectivity index (χ0) is 9.97. The van der Waals surface area contributed by atoms with Crippen molar-refractivity contribution in [2.24, 2.45) is 0 Å². The van der Waals surface area contributed by atoms with Crippen LogP contribution in [0, 0.1) is 6.92 Å². The molecular weight excluding hydrogens is 192 g/mol. The third-order valence-corrected chi connectivity index (χ3v) is 3.37. The van der Waals surface area contributed by atoms with Gasteiger partial charge >= 0.3 is 0 Å². The molecular formula is C11H14N2S. The Morgan fingerprint density at radius 3 is 2.64 bits per heavy atom. The van der Waals surface area contributed by atoms with Gasteiger partial charge in [0.2, 0.25) is 0 Å². The standard InChI is InChI=1S/C11H14N2S/c1-3-10-4-5-11(14-10)8-13-7-6-9(2)12-13/h4-7H,3,8H2,1-2H3. The summed E-state index contributed by atoms with van der Waals surface area (Å²) >= 11 is 1.88. The number of hydrogen-bond donors (Lipinski definition) is 0. The van der Waals surface area contributed by atoms with Gasteiger partial charge in [-0.25, -0.2) is 0 Å². The summed E-state index contributed by atoms with van der Waals surface area (Å²) in [6.45, 7) is 5.11. The van der Waals surface area contributed by atoms with Crippen LogP contribution in [0.4, 0.5) is 0 Å². The van der Waals surface area contributed by atoms with Gasteiger partial charge in [0.15, 0.2) is 0 Å². The van der Waals surface area contributed by atoms with Crippen LogP contribution < -0.4 is 0 Å². The van der Waals surface area contributed by atoms with E-state index in [1.807, 2.05) is 35.2 Å². The van der Waals surface area contributed by atoms with E-state index in [9.17, 15) is 0 Å². The Balaban J connectivity index is 2.10. The van der Waals surface area contributed by atoms with Gasteiger partial charge in [-0.15, -0.1) is 11.3 Å². The second-order valence-corrected chi connectivity index (χ2v) is 4.63. The molecule has 0 unspecified atom stereocenters. The average Bonchev–Trinajstić information content (AvgIpc) is 2.76. The number of hydrogen-bond acceptors (Lipinski definition) is 2. The van der Waals surface area contributed by atoms with E-state index < -0.39 is 0 Å². The molecule has 0 saturated heterocycles. The fourth-order valence-corrected chi connectivity index (χ4v) is 2.36. The number of thiophene rings is 1. The van der Waals surface area contributed by atoms with Gasteiger partial charge in [-0.3, -0.25) is 4.68 Å². The second kappa shape index (κ2) is 3.96. The van der Waals surface area contributed by atoms with Crippen LogP contribution in [0.2, 0.25) is 0 Å². The highest BCUT2D eigenvalue weighted by atomic mass is 32.1. The van der Waals surface area contributed by atoms with Gasteiger partial charge in [0.05, 0.1) is 12.2 Å². The van der Waals surface area contributed by atoms with Crippen molar-refractivity contribution < 1.29 is 0 Å². The molecule has 2 rings (SSSR count). The summed E-state index contributed by atoms with van der Waals surface area (Å²) in [5.74, 6) is 0. The molecule has 74 valence electrons. The van der Waals surface area contributed by atoms with Crippen LogP contribution in [0.15, 0.2) is 24.4 Å². The van der Waals surface area contributed by atoms with Crippen LogP contribution in [-0.2, 0) is 13.0 Å². The molecule has 0 amide bonds. The van der Waals surface area contributed by atoms with Crippen molar-refractivity contribution in [2.75, 3.05) is 0 Å². The molecule has 2 aromatic rings. The highest BCUT2D eigenvalue weighted by Crippen LogP contribution is 2.17. The number of aryl methyl sites for hydroxylation is 2. The maximum Gasteiger partial charge on any atom is 0.0752 e. The molecule has 0 fully saturated rings. The Labute approximate surface area is 88.2 Å². The van der Waals surface area contributed by atoms with Gasteiger partial charge in [-0.1, -0.05) is 6.92 Å². The molecule has 0 spiro atoms. The largest absolute Gasteiger partial charge is 0.267 e. The monoisotopic (exact) mass is 206 g/mol. The van der Waals surface area contributed by atoms with E-state index >= 15 is 0 Å². The quantitative estimate of drug-likeness (QED) is 0.755. The van der Waals surface area contributed by atoms with E-state index in [-0.39, 0.29) is 0 Å². The van der Waals surface area contributed by atoms with E-state index in [4.69, 9.17) is 0 Å². The maximum atomic E-state index is 4.36. The molecule has 0 radical (unpaired) electrons. The molecule has 2 aromatic heterocycles. The normalized spacial score (nSPS) is 10.7. The molecule has 0 saturated carbocycles. The molecule has 0 aliphatic heterocycles. The van der Waals surface area contributed by atoms with Crippen LogP contribution in [0.3, 0.4) is 0 Å². The van der Waals surface area contributed by atoms with Gasteiger partial charge in [-0.05, 0) is 31.5 Å². The Hall–Kier alpha value is -1.09. The molecule has 0 aliphatic carbocycles. The molecule has 0 atom stereocenters. The SMILES string of the molecule is CCc1ccc(Cn2ccc(C)n2)s1. The molecule has 2 nitrogen and oxygen atoms in total. The first-order valence-corrected chi connectivity index (χ1v) is 5.67. The predicted octanol–water partition coefficient (Wildman–Crippen LogP) is 2.86. The first-order valence-electron chi connectivity index (χ1n) is 4.85. The minimum absolute atomic E-state index is 0.901. The number of nitrogens with zero attached hydrogens (tertiary/aromatic N) is 2. The lowest BCUT2D eigenvalue weighted by atomic mass is 10.4. The highest BCUT2D eigenvalue weighted by Gasteiger charge is 2.00. The van der Waals surface area contributed by atoms with Crippen LogP contribution in [0.1, 0.15) is 22.4 Å². The smallest absolute Gasteiger partial charge is 0.0752 e. The van der Waals surface area contributed by atoms with Crippen molar-refractivity contribution in [3.8, 4) is 0 Å². The Kier molecular flexibility index (Phi) is 2.68. The fraction of sp³-hybridized carbons (Fsp3) is 0.364. The van der Waals surface area contributed by atoms with E-state index in [1.165, 1.54) is 9.75 Å². The number of rotatable bonds is 3. The Bertz CT molecular complexity index is 414. The van der Waals surface area contributed by atoms with Crippen LogP contribution in [-0.4, -0.2) is 9.78 Å². The predicted molar refractivity (Wildman–Crippen MR) is 59.8 cm³/mol. The molecule has 0 aliphatic rings. The maximum absolute atomic E-state index is 4.36. The van der Waals surface area contributed by atoms with Gasteiger partial charge in [0.25, 0.3) is 0 Å². The molecule has 2 heterocycles. The Morgan fingerprint density at radius 1 is 1.29 bits per heavy atom. The van der Waals surface area contributed by atoms with Gasteiger partial charge in [0, 0.05) is 16.0 Å². The lowest BCUT2D eigenvalue weighted by molar-refractivity contribution is 0.687. The highest BCUT2D eigenvalue weighted by molar-refractivity contribution is 7.11. The topological polar surface area (TPSA) is 17.8 Å². The van der Waals surface area contributed by atoms with Crippen LogP contribution in [0.5, 0.6) is 0 Å². The van der Waals surface area contributed by atoms with Crippen molar-refractivity contribution in [1.29, 1.82) is 0 Å². The van der Waals surface area contributed by atoms with Crippen LogP contribution >= 0.6 is 11.3 Å². The van der Waals surface area contributed by atoms with Crippen molar-refractivity contribution in [3.05, 3.63) is 39.8 Å². The summed E-state index contributed by atoms with van der Waals surface area (Å²) < 4.78 is 1.99. The first kappa shape index (κ1) is 9.46. The van der Waals surface area contributed by atoms with E-state index in [0.29, 0.717) is 0 Å². The summed E-state index contributed by atoms with van der Waals surface area (Å²) in [7, 11) is 0. The van der Waals surface area contributed by atoms with Gasteiger partial charge in [-0.2, -0.15) is 5.10 Å². The van der Waals surface area contributed by atoms with Crippen molar-refractivity contribution >= 4 is 11.3 Å². The molecule has 0 aromatic carbocycles. The van der Waals surface area contributed by atoms with E-state index in [0.717, 1.165) is 18.7 Å². The summed E-state index contributed by atoms with van der Waals surface area (Å²) in [4.78, 5) is 2.83. The molecule has 0 N–H and O–H groups in total. The lowest BCUT2D eigenvalue weighted by Crippen LogP contribution is -1.98. The third kappa shape index (κ3) is 2.04. The van der Waals surface area contributed by atoms with Crippen LogP contribution in [0.25, 0.3) is 0 Å². The first-order chi connectivity index (χ1) is 6.78. The average molecular weight is 206 g/mol. The third-order valence-electron chi connectivity index (χ3n) is 2.16. The summed E-state index contributed by atoms with van der Waals surface area (Å²) in [6.07, 6.45) is 3.16. The molecule has 0 bridgehead atoms. The minimum Gasteiger partial charge on any atom is -0.267 e. The second-order valence-electron chi connectivity index (χ2n) is 3.38. The summed E-state index contributed by atoms with van der Waals surface area (Å²) in [6, 6.07) is 6.44. The summed E-state index contributed by atoms with van der Waals surface area (Å²) in [5.41, 5.74) is 1.08. The zero-order valence-corrected chi connectivity index (χ0v) is 9.34. The van der Waals surface area contributed by atoms with E-state index in [2.05, 4.69) is 24.2 Å². The lowest BCUT2D eigenvalue weighted by Gasteiger charge is -1.96. The van der Waals surface area contributed by atoms with Gasteiger partial charge in [0.1, 0.15) is 0 Å². The zero-order valence-electron chi connectivity index (χ0n) is 8.53. The number of aromatic nitrogens is 2. The Morgan fingerprint density at radius 2 is 2.07 bits per heavy atom.